The van der Waals surface area contributed by atoms with E-state index in [-0.39, 0.29) is 0 Å². The molecule has 2 heteroatoms. The molecule has 1 heterocycles. The highest BCUT2D eigenvalue weighted by atomic mass is 15.1. The van der Waals surface area contributed by atoms with Gasteiger partial charge in [0, 0.05) is 33.5 Å². The lowest BCUT2D eigenvalue weighted by Crippen LogP contribution is -2.48. The lowest BCUT2D eigenvalue weighted by molar-refractivity contribution is -0.00518. The fraction of sp³-hybridized carbons (Fsp3) is 0.161. The predicted octanol–water partition coefficient (Wildman–Crippen LogP) is 16.9. The highest BCUT2D eigenvalue weighted by Crippen LogP contribution is 2.61. The molecule has 4 fully saturated rings. The highest BCUT2D eigenvalue weighted by Gasteiger charge is 2.51. The van der Waals surface area contributed by atoms with Gasteiger partial charge in [0.25, 0.3) is 0 Å². The average molecular weight is 823 g/mol. The van der Waals surface area contributed by atoms with Crippen LogP contribution in [0.15, 0.2) is 212 Å². The lowest BCUT2D eigenvalue weighted by Gasteiger charge is -2.57. The zero-order valence-electron chi connectivity index (χ0n) is 36.1. The van der Waals surface area contributed by atoms with Gasteiger partial charge >= 0.3 is 0 Å². The van der Waals surface area contributed by atoms with E-state index in [0.717, 1.165) is 29.1 Å². The number of rotatable bonds is 8. The van der Waals surface area contributed by atoms with Crippen LogP contribution in [0.2, 0.25) is 0 Å². The van der Waals surface area contributed by atoms with Gasteiger partial charge in [0.15, 0.2) is 0 Å². The molecule has 14 rings (SSSR count). The zero-order chi connectivity index (χ0) is 42.2. The van der Waals surface area contributed by atoms with Crippen molar-refractivity contribution in [2.45, 2.75) is 43.9 Å². The summed E-state index contributed by atoms with van der Waals surface area (Å²) < 4.78 is 2.39. The lowest BCUT2D eigenvalue weighted by atomic mass is 9.48. The largest absolute Gasteiger partial charge is 0.311 e. The number of nitrogens with zero attached hydrogens (tertiary/aromatic N) is 2. The van der Waals surface area contributed by atoms with Crippen LogP contribution in [-0.2, 0) is 5.41 Å². The first-order valence-corrected chi connectivity index (χ1v) is 23.4. The van der Waals surface area contributed by atoms with Gasteiger partial charge in [0.1, 0.15) is 0 Å². The quantitative estimate of drug-likeness (QED) is 0.148. The molecule has 4 aliphatic rings. The molecule has 64 heavy (non-hydrogen) atoms. The minimum Gasteiger partial charge on any atom is -0.311 e. The number of fused-ring (bicyclic) bond motifs is 4. The minimum atomic E-state index is 0.368. The Balaban J connectivity index is 0.888. The first kappa shape index (κ1) is 37.4. The summed E-state index contributed by atoms with van der Waals surface area (Å²) in [5.41, 5.74) is 16.5. The maximum atomic E-state index is 2.49. The van der Waals surface area contributed by atoms with Gasteiger partial charge < -0.3 is 9.47 Å². The van der Waals surface area contributed by atoms with E-state index in [1.165, 1.54) is 116 Å². The van der Waals surface area contributed by atoms with Crippen LogP contribution >= 0.6 is 0 Å². The van der Waals surface area contributed by atoms with Crippen molar-refractivity contribution in [3.8, 4) is 39.1 Å². The molecule has 0 atom stereocenters. The molecule has 0 saturated heterocycles. The molecule has 0 N–H and O–H groups in total. The Labute approximate surface area is 376 Å². The third-order valence-corrected chi connectivity index (χ3v) is 15.3. The van der Waals surface area contributed by atoms with Crippen molar-refractivity contribution >= 4 is 49.6 Å². The molecule has 0 spiro atoms. The van der Waals surface area contributed by atoms with Crippen molar-refractivity contribution in [1.82, 2.24) is 4.57 Å². The van der Waals surface area contributed by atoms with Crippen molar-refractivity contribution in [3.05, 3.63) is 218 Å². The molecule has 2 nitrogen and oxygen atoms in total. The maximum Gasteiger partial charge on any atom is 0.0541 e. The van der Waals surface area contributed by atoms with E-state index in [1.807, 2.05) is 0 Å². The Morgan fingerprint density at radius 3 is 1.52 bits per heavy atom. The zero-order valence-corrected chi connectivity index (χ0v) is 36.1. The third-order valence-electron chi connectivity index (χ3n) is 15.3. The molecule has 4 bridgehead atoms. The van der Waals surface area contributed by atoms with E-state index in [9.17, 15) is 0 Å². The smallest absolute Gasteiger partial charge is 0.0541 e. The van der Waals surface area contributed by atoms with Crippen molar-refractivity contribution in [2.75, 3.05) is 4.90 Å². The summed E-state index contributed by atoms with van der Waals surface area (Å²) in [6.07, 6.45) is 8.54. The SMILES string of the molecule is c1ccc(-c2cccc3cccc(-c4ccc(N(c5ccc(-c6ccc7c(c6)c6ccccc6n7-c6ccccc6)cc5)c5ccc(C67CC8CC(CC(C8)C6)C7)cc5)cc4)c23)cc1. The molecule has 4 aliphatic carbocycles. The fourth-order valence-corrected chi connectivity index (χ4v) is 12.9. The predicted molar refractivity (Wildman–Crippen MR) is 269 cm³/mol. The van der Waals surface area contributed by atoms with E-state index >= 15 is 0 Å². The number of hydrogen-bond acceptors (Lipinski definition) is 1. The van der Waals surface area contributed by atoms with Crippen molar-refractivity contribution < 1.29 is 0 Å². The molecule has 0 amide bonds. The number of anilines is 3. The number of benzene rings is 9. The second-order valence-corrected chi connectivity index (χ2v) is 19.2. The third kappa shape index (κ3) is 6.22. The summed E-state index contributed by atoms with van der Waals surface area (Å²) in [6.45, 7) is 0. The molecule has 0 aliphatic heterocycles. The van der Waals surface area contributed by atoms with E-state index < -0.39 is 0 Å². The van der Waals surface area contributed by atoms with E-state index in [0.29, 0.717) is 5.41 Å². The van der Waals surface area contributed by atoms with Crippen LogP contribution in [0.25, 0.3) is 71.6 Å². The maximum absolute atomic E-state index is 2.49. The first-order chi connectivity index (χ1) is 31.6. The summed E-state index contributed by atoms with van der Waals surface area (Å²) in [4.78, 5) is 2.45. The molecular formula is C62H50N2. The van der Waals surface area contributed by atoms with Crippen LogP contribution in [-0.4, -0.2) is 4.57 Å². The normalized spacial score (nSPS) is 20.0. The van der Waals surface area contributed by atoms with Crippen molar-refractivity contribution in [1.29, 1.82) is 0 Å². The van der Waals surface area contributed by atoms with Crippen LogP contribution in [0.4, 0.5) is 17.1 Å². The van der Waals surface area contributed by atoms with Gasteiger partial charge in [-0.2, -0.15) is 0 Å². The Bertz CT molecular complexity index is 3280. The van der Waals surface area contributed by atoms with Gasteiger partial charge in [0.05, 0.1) is 11.0 Å². The summed E-state index contributed by atoms with van der Waals surface area (Å²) in [5, 5.41) is 5.08. The summed E-state index contributed by atoms with van der Waals surface area (Å²) in [7, 11) is 0. The number of hydrogen-bond donors (Lipinski definition) is 0. The molecule has 10 aromatic rings. The summed E-state index contributed by atoms with van der Waals surface area (Å²) in [5.74, 6) is 2.77. The Morgan fingerprint density at radius 2 is 0.891 bits per heavy atom. The molecule has 0 unspecified atom stereocenters. The van der Waals surface area contributed by atoms with E-state index in [1.54, 1.807) is 5.56 Å². The van der Waals surface area contributed by atoms with Gasteiger partial charge in [-0.1, -0.05) is 146 Å². The van der Waals surface area contributed by atoms with Gasteiger partial charge in [-0.3, -0.25) is 0 Å². The Morgan fingerprint density at radius 1 is 0.391 bits per heavy atom. The van der Waals surface area contributed by atoms with Crippen LogP contribution in [0.1, 0.15) is 44.1 Å². The topological polar surface area (TPSA) is 8.17 Å². The summed E-state index contributed by atoms with van der Waals surface area (Å²) in [6, 6.07) is 78.9. The van der Waals surface area contributed by atoms with Crippen LogP contribution < -0.4 is 4.90 Å². The number of aromatic nitrogens is 1. The van der Waals surface area contributed by atoms with Crippen LogP contribution in [0, 0.1) is 17.8 Å². The fourth-order valence-electron chi connectivity index (χ4n) is 12.9. The molecule has 4 saturated carbocycles. The van der Waals surface area contributed by atoms with Gasteiger partial charge in [-0.25, -0.2) is 0 Å². The second kappa shape index (κ2) is 15.0. The second-order valence-electron chi connectivity index (χ2n) is 19.2. The van der Waals surface area contributed by atoms with Crippen LogP contribution in [0.5, 0.6) is 0 Å². The van der Waals surface area contributed by atoms with Crippen molar-refractivity contribution in [2.24, 2.45) is 17.8 Å². The molecule has 1 aromatic heterocycles. The van der Waals surface area contributed by atoms with E-state index in [2.05, 4.69) is 222 Å². The monoisotopic (exact) mass is 822 g/mol. The first-order valence-electron chi connectivity index (χ1n) is 23.4. The van der Waals surface area contributed by atoms with Crippen LogP contribution in [0.3, 0.4) is 0 Å². The molecular weight excluding hydrogens is 773 g/mol. The summed E-state index contributed by atoms with van der Waals surface area (Å²) >= 11 is 0. The van der Waals surface area contributed by atoms with Gasteiger partial charge in [-0.15, -0.1) is 0 Å². The van der Waals surface area contributed by atoms with Gasteiger partial charge in [0.2, 0.25) is 0 Å². The van der Waals surface area contributed by atoms with E-state index in [4.69, 9.17) is 0 Å². The standard InChI is InChI=1S/C62H50N2/c1-3-11-46(12-4-1)55-18-9-13-48-14-10-19-56(61(48)55)47-23-30-53(31-24-47)63(54-32-26-50(27-33-54)62-39-42-35-43(40-62)37-44(36-42)41-62)52-28-21-45(22-29-52)49-25-34-60-58(38-49)57-17-7-8-20-59(57)64(60)51-15-5-2-6-16-51/h1-34,38,42-44H,35-37,39-41H2. The number of para-hydroxylation sites is 2. The highest BCUT2D eigenvalue weighted by molar-refractivity contribution is 6.10. The molecule has 9 aromatic carbocycles. The molecule has 308 valence electrons. The van der Waals surface area contributed by atoms with Crippen molar-refractivity contribution in [3.63, 3.8) is 0 Å². The van der Waals surface area contributed by atoms with Gasteiger partial charge in [-0.05, 0) is 178 Å². The Hall–Kier alpha value is -7.16. The Kier molecular flexibility index (Phi) is 8.76. The molecule has 0 radical (unpaired) electrons. The minimum absolute atomic E-state index is 0.368. The average Bonchev–Trinajstić information content (AvgIpc) is 3.68.